The molecule has 0 aromatic carbocycles. The van der Waals surface area contributed by atoms with Crippen molar-refractivity contribution in [3.05, 3.63) is 0 Å². The van der Waals surface area contributed by atoms with Crippen molar-refractivity contribution in [2.24, 2.45) is 17.6 Å². The molecule has 8 heteroatoms. The lowest BCUT2D eigenvalue weighted by atomic mass is 9.94. The molecule has 0 aromatic heterocycles. The molecule has 0 saturated carbocycles. The van der Waals surface area contributed by atoms with Gasteiger partial charge in [-0.15, -0.1) is 0 Å². The van der Waals surface area contributed by atoms with Crippen LogP contribution in [0, 0.1) is 11.8 Å². The van der Waals surface area contributed by atoms with Gasteiger partial charge in [0.2, 0.25) is 5.91 Å². The number of amides is 1. The molecule has 0 saturated heterocycles. The van der Waals surface area contributed by atoms with Gasteiger partial charge in [0.25, 0.3) is 0 Å². The second kappa shape index (κ2) is 8.08. The van der Waals surface area contributed by atoms with Crippen LogP contribution >= 0.6 is 0 Å². The Morgan fingerprint density at radius 2 is 1.85 bits per heavy atom. The van der Waals surface area contributed by atoms with E-state index in [9.17, 15) is 22.8 Å². The van der Waals surface area contributed by atoms with Gasteiger partial charge in [0, 0.05) is 6.42 Å². The molecule has 1 unspecified atom stereocenters. The lowest BCUT2D eigenvalue weighted by molar-refractivity contribution is -0.166. The number of hydrogen-bond donors (Lipinski definition) is 2. The average molecular weight is 298 g/mol. The van der Waals surface area contributed by atoms with Crippen molar-refractivity contribution in [2.75, 3.05) is 19.6 Å². The fraction of sp³-hybridized carbons (Fsp3) is 0.833. The van der Waals surface area contributed by atoms with Crippen LogP contribution in [0.4, 0.5) is 13.2 Å². The fourth-order valence-electron chi connectivity index (χ4n) is 1.92. The summed E-state index contributed by atoms with van der Waals surface area (Å²) >= 11 is 0. The first-order valence-electron chi connectivity index (χ1n) is 6.31. The Bertz CT molecular complexity index is 332. The van der Waals surface area contributed by atoms with Crippen molar-refractivity contribution in [3.63, 3.8) is 0 Å². The lowest BCUT2D eigenvalue weighted by Crippen LogP contribution is -2.43. The van der Waals surface area contributed by atoms with Crippen molar-refractivity contribution in [2.45, 2.75) is 32.9 Å². The molecule has 0 rings (SSSR count). The number of nitrogens with two attached hydrogens (primary N) is 1. The Balaban J connectivity index is 4.72. The molecule has 0 aliphatic heterocycles. The van der Waals surface area contributed by atoms with E-state index in [2.05, 4.69) is 0 Å². The summed E-state index contributed by atoms with van der Waals surface area (Å²) in [6, 6.07) is 0. The second-order valence-corrected chi connectivity index (χ2v) is 5.19. The van der Waals surface area contributed by atoms with Crippen LogP contribution in [0.5, 0.6) is 0 Å². The molecular formula is C12H21F3N2O3. The molecule has 3 N–H and O–H groups in total. The molecule has 20 heavy (non-hydrogen) atoms. The van der Waals surface area contributed by atoms with Crippen LogP contribution in [0.2, 0.25) is 0 Å². The van der Waals surface area contributed by atoms with E-state index < -0.39 is 31.1 Å². The van der Waals surface area contributed by atoms with E-state index in [4.69, 9.17) is 10.8 Å². The molecule has 0 fully saturated rings. The minimum absolute atomic E-state index is 0.169. The monoisotopic (exact) mass is 298 g/mol. The van der Waals surface area contributed by atoms with Crippen LogP contribution in [0.25, 0.3) is 0 Å². The van der Waals surface area contributed by atoms with E-state index in [1.807, 2.05) is 13.8 Å². The molecule has 0 aromatic rings. The van der Waals surface area contributed by atoms with Gasteiger partial charge in [-0.1, -0.05) is 13.8 Å². The lowest BCUT2D eigenvalue weighted by Gasteiger charge is -2.25. The first kappa shape index (κ1) is 18.7. The number of rotatable bonds is 8. The summed E-state index contributed by atoms with van der Waals surface area (Å²) < 4.78 is 37.0. The van der Waals surface area contributed by atoms with Crippen LogP contribution in [0.15, 0.2) is 0 Å². The predicted molar refractivity (Wildman–Crippen MR) is 66.9 cm³/mol. The quantitative estimate of drug-likeness (QED) is 0.711. The van der Waals surface area contributed by atoms with Crippen LogP contribution in [-0.4, -0.2) is 47.7 Å². The standard InChI is InChI=1S/C12H21F3N2O3/c1-8(2)3-9(5-16)4-10(18)17(6-11(19)20)7-12(13,14)15/h8-9H,3-7,16H2,1-2H3,(H,19,20). The maximum Gasteiger partial charge on any atom is 0.406 e. The largest absolute Gasteiger partial charge is 0.480 e. The van der Waals surface area contributed by atoms with Crippen LogP contribution in [0.3, 0.4) is 0 Å². The van der Waals surface area contributed by atoms with Gasteiger partial charge in [-0.3, -0.25) is 9.59 Å². The van der Waals surface area contributed by atoms with Gasteiger partial charge < -0.3 is 15.7 Å². The molecule has 0 bridgehead atoms. The highest BCUT2D eigenvalue weighted by molar-refractivity contribution is 5.81. The zero-order valence-electron chi connectivity index (χ0n) is 11.6. The van der Waals surface area contributed by atoms with Gasteiger partial charge in [0.05, 0.1) is 0 Å². The summed E-state index contributed by atoms with van der Waals surface area (Å²) in [5.41, 5.74) is 5.49. The number of hydrogen-bond acceptors (Lipinski definition) is 3. The zero-order chi connectivity index (χ0) is 15.9. The number of carbonyl (C=O) groups excluding carboxylic acids is 1. The average Bonchev–Trinajstić information content (AvgIpc) is 2.23. The van der Waals surface area contributed by atoms with Gasteiger partial charge in [-0.05, 0) is 24.8 Å². The predicted octanol–water partition coefficient (Wildman–Crippen LogP) is 1.47. The Morgan fingerprint density at radius 3 is 2.20 bits per heavy atom. The van der Waals surface area contributed by atoms with Gasteiger partial charge in [-0.2, -0.15) is 13.2 Å². The van der Waals surface area contributed by atoms with E-state index in [0.717, 1.165) is 0 Å². The van der Waals surface area contributed by atoms with Crippen molar-refractivity contribution in [1.82, 2.24) is 4.90 Å². The molecule has 0 radical (unpaired) electrons. The van der Waals surface area contributed by atoms with E-state index in [1.54, 1.807) is 0 Å². The normalized spacial score (nSPS) is 13.3. The highest BCUT2D eigenvalue weighted by Gasteiger charge is 2.34. The zero-order valence-corrected chi connectivity index (χ0v) is 11.6. The molecule has 1 atom stereocenters. The molecule has 0 aliphatic rings. The van der Waals surface area contributed by atoms with Gasteiger partial charge in [-0.25, -0.2) is 0 Å². The van der Waals surface area contributed by atoms with Crippen molar-refractivity contribution >= 4 is 11.9 Å². The molecule has 5 nitrogen and oxygen atoms in total. The Hall–Kier alpha value is -1.31. The summed E-state index contributed by atoms with van der Waals surface area (Å²) in [5.74, 6) is -2.30. The van der Waals surface area contributed by atoms with E-state index >= 15 is 0 Å². The van der Waals surface area contributed by atoms with E-state index in [0.29, 0.717) is 11.3 Å². The number of aliphatic carboxylic acids is 1. The SMILES string of the molecule is CC(C)CC(CN)CC(=O)N(CC(=O)O)CC(F)(F)F. The number of carboxylic acid groups (broad SMARTS) is 1. The maximum atomic E-state index is 12.3. The van der Waals surface area contributed by atoms with E-state index in [-0.39, 0.29) is 24.8 Å². The van der Waals surface area contributed by atoms with Gasteiger partial charge >= 0.3 is 12.1 Å². The number of carboxylic acids is 1. The maximum absolute atomic E-state index is 12.3. The van der Waals surface area contributed by atoms with Gasteiger partial charge in [0.1, 0.15) is 13.1 Å². The molecule has 0 heterocycles. The first-order chi connectivity index (χ1) is 9.05. The minimum atomic E-state index is -4.62. The smallest absolute Gasteiger partial charge is 0.406 e. The number of halogens is 3. The molecular weight excluding hydrogens is 277 g/mol. The van der Waals surface area contributed by atoms with Crippen LogP contribution < -0.4 is 5.73 Å². The minimum Gasteiger partial charge on any atom is -0.480 e. The fourth-order valence-corrected chi connectivity index (χ4v) is 1.92. The third kappa shape index (κ3) is 8.73. The highest BCUT2D eigenvalue weighted by atomic mass is 19.4. The van der Waals surface area contributed by atoms with Crippen LogP contribution in [0.1, 0.15) is 26.7 Å². The van der Waals surface area contributed by atoms with Crippen molar-refractivity contribution < 1.29 is 27.9 Å². The second-order valence-electron chi connectivity index (χ2n) is 5.19. The highest BCUT2D eigenvalue weighted by Crippen LogP contribution is 2.20. The van der Waals surface area contributed by atoms with Crippen molar-refractivity contribution in [3.8, 4) is 0 Å². The Kier molecular flexibility index (Phi) is 7.55. The topological polar surface area (TPSA) is 83.6 Å². The van der Waals surface area contributed by atoms with Gasteiger partial charge in [0.15, 0.2) is 0 Å². The number of alkyl halides is 3. The summed E-state index contributed by atoms with van der Waals surface area (Å²) in [6.07, 6.45) is -4.19. The third-order valence-electron chi connectivity index (χ3n) is 2.65. The third-order valence-corrected chi connectivity index (χ3v) is 2.65. The molecule has 118 valence electrons. The first-order valence-corrected chi connectivity index (χ1v) is 6.31. The van der Waals surface area contributed by atoms with Crippen molar-refractivity contribution in [1.29, 1.82) is 0 Å². The Labute approximate surface area is 115 Å². The van der Waals surface area contributed by atoms with E-state index in [1.165, 1.54) is 0 Å². The summed E-state index contributed by atoms with van der Waals surface area (Å²) in [4.78, 5) is 22.7. The number of carbonyl (C=O) groups is 2. The summed E-state index contributed by atoms with van der Waals surface area (Å²) in [7, 11) is 0. The Morgan fingerprint density at radius 1 is 1.30 bits per heavy atom. The molecule has 0 aliphatic carbocycles. The summed E-state index contributed by atoms with van der Waals surface area (Å²) in [5, 5.41) is 8.58. The summed E-state index contributed by atoms with van der Waals surface area (Å²) in [6.45, 7) is 1.49. The molecule has 1 amide bonds. The number of nitrogens with zero attached hydrogens (tertiary/aromatic N) is 1. The van der Waals surface area contributed by atoms with Crippen LogP contribution in [-0.2, 0) is 9.59 Å². The molecule has 0 spiro atoms.